The lowest BCUT2D eigenvalue weighted by Gasteiger charge is -2.35. The van der Waals surface area contributed by atoms with Gasteiger partial charge in [-0.25, -0.2) is 14.2 Å². The van der Waals surface area contributed by atoms with Crippen LogP contribution in [-0.4, -0.2) is 52.9 Å². The molecule has 2 N–H and O–H groups in total. The number of carbonyl (C=O) groups is 2. The fraction of sp³-hybridized carbons (Fsp3) is 0.222. The Hall–Kier alpha value is -3.40. The number of aromatic nitrogens is 2. The van der Waals surface area contributed by atoms with Gasteiger partial charge in [0.25, 0.3) is 0 Å². The van der Waals surface area contributed by atoms with Crippen molar-refractivity contribution >= 4 is 46.0 Å². The van der Waals surface area contributed by atoms with Crippen LogP contribution in [0.25, 0.3) is 11.2 Å². The predicted octanol–water partition coefficient (Wildman–Crippen LogP) is 1.60. The van der Waals surface area contributed by atoms with Gasteiger partial charge in [0.15, 0.2) is 11.2 Å². The third-order valence-electron chi connectivity index (χ3n) is 4.56. The average Bonchev–Trinajstić information content (AvgIpc) is 3.09. The Morgan fingerprint density at radius 1 is 1.21 bits per heavy atom. The van der Waals surface area contributed by atoms with Crippen LogP contribution in [0.4, 0.5) is 15.8 Å². The van der Waals surface area contributed by atoms with Gasteiger partial charge in [-0.1, -0.05) is 11.6 Å². The Morgan fingerprint density at radius 2 is 1.97 bits per heavy atom. The summed E-state index contributed by atoms with van der Waals surface area (Å²) >= 11 is 5.82. The lowest BCUT2D eigenvalue weighted by atomic mass is 10.2. The van der Waals surface area contributed by atoms with E-state index in [-0.39, 0.29) is 21.9 Å². The number of anilines is 2. The lowest BCUT2D eigenvalue weighted by Crippen LogP contribution is -2.51. The maximum Gasteiger partial charge on any atom is 0.418 e. The molecule has 1 aliphatic heterocycles. The van der Waals surface area contributed by atoms with Gasteiger partial charge in [0.1, 0.15) is 5.82 Å². The first-order valence-corrected chi connectivity index (χ1v) is 9.07. The summed E-state index contributed by atoms with van der Waals surface area (Å²) < 4.78 is 18.2. The van der Waals surface area contributed by atoms with Crippen LogP contribution in [-0.2, 0) is 9.59 Å². The molecule has 3 aromatic rings. The molecule has 2 amide bonds. The van der Waals surface area contributed by atoms with Crippen LogP contribution in [0.5, 0.6) is 0 Å². The molecule has 0 radical (unpaired) electrons. The molecule has 1 fully saturated rings. The fourth-order valence-electron chi connectivity index (χ4n) is 3.08. The van der Waals surface area contributed by atoms with Crippen LogP contribution >= 0.6 is 11.6 Å². The Labute approximate surface area is 168 Å². The number of rotatable bonds is 2. The molecule has 0 saturated carbocycles. The van der Waals surface area contributed by atoms with Crippen molar-refractivity contribution < 1.29 is 18.4 Å². The van der Waals surface area contributed by atoms with E-state index in [1.807, 2.05) is 4.90 Å². The molecule has 0 atom stereocenters. The minimum Gasteiger partial charge on any atom is -0.406 e. The number of hydrogen-bond acceptors (Lipinski definition) is 6. The van der Waals surface area contributed by atoms with Gasteiger partial charge in [0.2, 0.25) is 0 Å². The van der Waals surface area contributed by atoms with Crippen molar-refractivity contribution in [2.75, 3.05) is 36.4 Å². The van der Waals surface area contributed by atoms with Crippen molar-refractivity contribution in [3.05, 3.63) is 51.9 Å². The highest BCUT2D eigenvalue weighted by Gasteiger charge is 2.26. The molecule has 0 bridgehead atoms. The van der Waals surface area contributed by atoms with Gasteiger partial charge in [-0.15, -0.1) is 0 Å². The number of piperazine rings is 1. The number of carbonyl (C=O) groups excluding carboxylic acids is 2. The number of H-pyrrole nitrogens is 1. The molecule has 1 aliphatic rings. The third-order valence-corrected chi connectivity index (χ3v) is 4.85. The topological polar surface area (TPSA) is 112 Å². The van der Waals surface area contributed by atoms with Gasteiger partial charge in [0, 0.05) is 37.9 Å². The van der Waals surface area contributed by atoms with E-state index in [1.165, 1.54) is 29.3 Å². The van der Waals surface area contributed by atoms with E-state index in [0.29, 0.717) is 26.2 Å². The van der Waals surface area contributed by atoms with Crippen molar-refractivity contribution in [3.8, 4) is 0 Å². The molecular formula is C18H15ClFN5O4. The summed E-state index contributed by atoms with van der Waals surface area (Å²) in [5, 5.41) is 2.49. The van der Waals surface area contributed by atoms with Gasteiger partial charge in [0.05, 0.1) is 16.9 Å². The molecule has 4 rings (SSSR count). The lowest BCUT2D eigenvalue weighted by molar-refractivity contribution is -0.143. The van der Waals surface area contributed by atoms with E-state index in [1.54, 1.807) is 6.07 Å². The second-order valence-corrected chi connectivity index (χ2v) is 6.82. The number of amides is 2. The standard InChI is InChI=1S/C18H15ClFN5O4/c19-12-8-11(1-2-13(12)20)24-3-5-25(6-4-24)17(27)16(26)22-10-7-14-15(21-9-10)23-18(28)29-14/h1-2,7-9H,3-6H2,(H,22,26)(H,21,23,28). The molecule has 29 heavy (non-hydrogen) atoms. The largest absolute Gasteiger partial charge is 0.418 e. The van der Waals surface area contributed by atoms with Crippen LogP contribution < -0.4 is 16.0 Å². The van der Waals surface area contributed by atoms with Crippen LogP contribution in [0.2, 0.25) is 5.02 Å². The van der Waals surface area contributed by atoms with Crippen LogP contribution in [0.15, 0.2) is 39.7 Å². The Bertz CT molecular complexity index is 1150. The molecule has 150 valence electrons. The summed E-state index contributed by atoms with van der Waals surface area (Å²) in [7, 11) is 0. The first-order valence-electron chi connectivity index (χ1n) is 8.70. The molecule has 1 saturated heterocycles. The minimum atomic E-state index is -0.817. The SMILES string of the molecule is O=C(Nc1cnc2[nH]c(=O)oc2c1)C(=O)N1CCN(c2ccc(F)c(Cl)c2)CC1. The fourth-order valence-corrected chi connectivity index (χ4v) is 3.26. The second-order valence-electron chi connectivity index (χ2n) is 6.42. The Morgan fingerprint density at radius 3 is 2.69 bits per heavy atom. The normalized spacial score (nSPS) is 14.3. The van der Waals surface area contributed by atoms with E-state index < -0.39 is 23.4 Å². The zero-order valence-corrected chi connectivity index (χ0v) is 15.7. The zero-order chi connectivity index (χ0) is 20.5. The number of nitrogens with one attached hydrogen (secondary N) is 2. The number of aromatic amines is 1. The molecule has 0 unspecified atom stereocenters. The number of nitrogens with zero attached hydrogens (tertiary/aromatic N) is 3. The second kappa shape index (κ2) is 7.55. The maximum atomic E-state index is 13.3. The highest BCUT2D eigenvalue weighted by atomic mass is 35.5. The van der Waals surface area contributed by atoms with E-state index in [2.05, 4.69) is 15.3 Å². The molecule has 0 spiro atoms. The van der Waals surface area contributed by atoms with Gasteiger partial charge < -0.3 is 19.5 Å². The number of oxazole rings is 1. The van der Waals surface area contributed by atoms with Crippen molar-refractivity contribution in [2.24, 2.45) is 0 Å². The summed E-state index contributed by atoms with van der Waals surface area (Å²) in [6.45, 7) is 1.60. The average molecular weight is 420 g/mol. The van der Waals surface area contributed by atoms with Crippen molar-refractivity contribution in [1.82, 2.24) is 14.9 Å². The number of hydrogen-bond donors (Lipinski definition) is 2. The van der Waals surface area contributed by atoms with E-state index >= 15 is 0 Å². The van der Waals surface area contributed by atoms with E-state index in [4.69, 9.17) is 16.0 Å². The highest BCUT2D eigenvalue weighted by Crippen LogP contribution is 2.23. The molecule has 3 heterocycles. The van der Waals surface area contributed by atoms with Crippen LogP contribution in [0.1, 0.15) is 0 Å². The predicted molar refractivity (Wildman–Crippen MR) is 103 cm³/mol. The number of pyridine rings is 1. The Balaban J connectivity index is 1.37. The summed E-state index contributed by atoms with van der Waals surface area (Å²) in [5.41, 5.74) is 1.40. The number of benzene rings is 1. The summed E-state index contributed by atoms with van der Waals surface area (Å²) in [5.74, 6) is -2.65. The van der Waals surface area contributed by atoms with Gasteiger partial charge in [-0.05, 0) is 18.2 Å². The molecule has 1 aromatic carbocycles. The number of halogens is 2. The van der Waals surface area contributed by atoms with E-state index in [0.717, 1.165) is 5.69 Å². The molecule has 0 aliphatic carbocycles. The van der Waals surface area contributed by atoms with Gasteiger partial charge in [-0.3, -0.25) is 14.6 Å². The highest BCUT2D eigenvalue weighted by molar-refractivity contribution is 6.39. The summed E-state index contributed by atoms with van der Waals surface area (Å²) in [6.07, 6.45) is 1.31. The third kappa shape index (κ3) is 3.92. The van der Waals surface area contributed by atoms with Crippen molar-refractivity contribution in [2.45, 2.75) is 0 Å². The molecule has 11 heteroatoms. The summed E-state index contributed by atoms with van der Waals surface area (Å²) in [4.78, 5) is 45.6. The molecule has 2 aromatic heterocycles. The minimum absolute atomic E-state index is 0.0317. The quantitative estimate of drug-likeness (QED) is 0.610. The van der Waals surface area contributed by atoms with Crippen LogP contribution in [0, 0.1) is 5.82 Å². The van der Waals surface area contributed by atoms with Crippen molar-refractivity contribution in [3.63, 3.8) is 0 Å². The first kappa shape index (κ1) is 18.9. The van der Waals surface area contributed by atoms with Crippen molar-refractivity contribution in [1.29, 1.82) is 0 Å². The summed E-state index contributed by atoms with van der Waals surface area (Å²) in [6, 6.07) is 5.85. The van der Waals surface area contributed by atoms with Gasteiger partial charge in [-0.2, -0.15) is 0 Å². The first-order chi connectivity index (χ1) is 13.9. The Kier molecular flexibility index (Phi) is 4.93. The van der Waals surface area contributed by atoms with E-state index in [9.17, 15) is 18.8 Å². The van der Waals surface area contributed by atoms with Crippen LogP contribution in [0.3, 0.4) is 0 Å². The van der Waals surface area contributed by atoms with Gasteiger partial charge >= 0.3 is 17.6 Å². The zero-order valence-electron chi connectivity index (χ0n) is 14.9. The smallest absolute Gasteiger partial charge is 0.406 e. The maximum absolute atomic E-state index is 13.3. The molecule has 9 nitrogen and oxygen atoms in total. The molecular weight excluding hydrogens is 405 g/mol. The number of fused-ring (bicyclic) bond motifs is 1. The monoisotopic (exact) mass is 419 g/mol.